The van der Waals surface area contributed by atoms with Crippen molar-refractivity contribution in [2.24, 2.45) is 5.92 Å². The van der Waals surface area contributed by atoms with Gasteiger partial charge in [-0.25, -0.2) is 4.39 Å². The standard InChI is InChI=1S/C12H14FNO4/c1-8(12(17)14-6-11(15)16)7-18-10-4-2-9(13)3-5-10/h2-5,8H,6-7H2,1H3,(H,14,17)(H,15,16). The number of ether oxygens (including phenoxy) is 1. The van der Waals surface area contributed by atoms with Crippen molar-refractivity contribution >= 4 is 11.9 Å². The predicted molar refractivity (Wildman–Crippen MR) is 61.7 cm³/mol. The Morgan fingerprint density at radius 2 is 2.00 bits per heavy atom. The minimum absolute atomic E-state index is 0.0943. The van der Waals surface area contributed by atoms with E-state index in [9.17, 15) is 14.0 Å². The maximum atomic E-state index is 12.6. The summed E-state index contributed by atoms with van der Waals surface area (Å²) in [6.07, 6.45) is 0. The molecule has 1 amide bonds. The third-order valence-electron chi connectivity index (χ3n) is 2.18. The van der Waals surface area contributed by atoms with E-state index in [0.717, 1.165) is 0 Å². The summed E-state index contributed by atoms with van der Waals surface area (Å²) in [6, 6.07) is 5.42. The lowest BCUT2D eigenvalue weighted by molar-refractivity contribution is -0.138. The number of nitrogens with one attached hydrogen (secondary N) is 1. The van der Waals surface area contributed by atoms with Crippen molar-refractivity contribution in [2.45, 2.75) is 6.92 Å². The van der Waals surface area contributed by atoms with Crippen molar-refractivity contribution in [1.29, 1.82) is 0 Å². The van der Waals surface area contributed by atoms with Gasteiger partial charge in [-0.3, -0.25) is 9.59 Å². The highest BCUT2D eigenvalue weighted by atomic mass is 19.1. The van der Waals surface area contributed by atoms with Gasteiger partial charge in [-0.2, -0.15) is 0 Å². The topological polar surface area (TPSA) is 75.6 Å². The van der Waals surface area contributed by atoms with Gasteiger partial charge in [0.25, 0.3) is 0 Å². The quantitative estimate of drug-likeness (QED) is 0.796. The molecule has 18 heavy (non-hydrogen) atoms. The lowest BCUT2D eigenvalue weighted by atomic mass is 10.2. The van der Waals surface area contributed by atoms with E-state index in [1.54, 1.807) is 6.92 Å². The fourth-order valence-corrected chi connectivity index (χ4v) is 1.16. The number of hydrogen-bond acceptors (Lipinski definition) is 3. The van der Waals surface area contributed by atoms with Crippen LogP contribution in [0, 0.1) is 11.7 Å². The van der Waals surface area contributed by atoms with Gasteiger partial charge in [0.1, 0.15) is 18.1 Å². The predicted octanol–water partition coefficient (Wildman–Crippen LogP) is 1.04. The molecule has 5 nitrogen and oxygen atoms in total. The maximum absolute atomic E-state index is 12.6. The van der Waals surface area contributed by atoms with Gasteiger partial charge < -0.3 is 15.2 Å². The number of carbonyl (C=O) groups excluding carboxylic acids is 1. The number of aliphatic carboxylic acids is 1. The lowest BCUT2D eigenvalue weighted by Gasteiger charge is -2.12. The Hall–Kier alpha value is -2.11. The van der Waals surface area contributed by atoms with Gasteiger partial charge in [0, 0.05) is 0 Å². The Kier molecular flexibility index (Phi) is 5.10. The zero-order valence-electron chi connectivity index (χ0n) is 9.85. The molecule has 0 saturated heterocycles. The first-order valence-corrected chi connectivity index (χ1v) is 5.37. The van der Waals surface area contributed by atoms with Gasteiger partial charge in [-0.05, 0) is 24.3 Å². The molecular weight excluding hydrogens is 241 g/mol. The number of carbonyl (C=O) groups is 2. The van der Waals surface area contributed by atoms with Crippen LogP contribution >= 0.6 is 0 Å². The van der Waals surface area contributed by atoms with E-state index in [1.165, 1.54) is 24.3 Å². The molecule has 2 N–H and O–H groups in total. The fraction of sp³-hybridized carbons (Fsp3) is 0.333. The smallest absolute Gasteiger partial charge is 0.322 e. The van der Waals surface area contributed by atoms with Crippen molar-refractivity contribution in [3.05, 3.63) is 30.1 Å². The summed E-state index contributed by atoms with van der Waals surface area (Å²) in [4.78, 5) is 21.7. The number of carboxylic acid groups (broad SMARTS) is 1. The Bertz CT molecular complexity index is 419. The highest BCUT2D eigenvalue weighted by Crippen LogP contribution is 2.12. The second-order valence-electron chi connectivity index (χ2n) is 3.78. The molecule has 1 aromatic rings. The third-order valence-corrected chi connectivity index (χ3v) is 2.18. The van der Waals surface area contributed by atoms with E-state index in [1.807, 2.05) is 0 Å². The fourth-order valence-electron chi connectivity index (χ4n) is 1.16. The van der Waals surface area contributed by atoms with E-state index < -0.39 is 24.3 Å². The molecule has 98 valence electrons. The van der Waals surface area contributed by atoms with E-state index in [0.29, 0.717) is 5.75 Å². The molecule has 0 radical (unpaired) electrons. The summed E-state index contributed by atoms with van der Waals surface area (Å²) in [6.45, 7) is 1.29. The van der Waals surface area contributed by atoms with Crippen molar-refractivity contribution in [3.63, 3.8) is 0 Å². The first kappa shape index (κ1) is 14.0. The lowest BCUT2D eigenvalue weighted by Crippen LogP contribution is -2.35. The van der Waals surface area contributed by atoms with Crippen LogP contribution in [0.5, 0.6) is 5.75 Å². The van der Waals surface area contributed by atoms with Crippen LogP contribution in [-0.4, -0.2) is 30.1 Å². The van der Waals surface area contributed by atoms with Gasteiger partial charge in [0.05, 0.1) is 12.5 Å². The molecule has 0 spiro atoms. The van der Waals surface area contributed by atoms with Crippen molar-refractivity contribution in [3.8, 4) is 5.75 Å². The van der Waals surface area contributed by atoms with Crippen LogP contribution in [0.4, 0.5) is 4.39 Å². The SMILES string of the molecule is CC(COc1ccc(F)cc1)C(=O)NCC(=O)O. The van der Waals surface area contributed by atoms with Crippen LogP contribution in [0.25, 0.3) is 0 Å². The van der Waals surface area contributed by atoms with E-state index in [2.05, 4.69) is 5.32 Å². The van der Waals surface area contributed by atoms with Crippen LogP contribution in [0.2, 0.25) is 0 Å². The minimum atomic E-state index is -1.10. The zero-order chi connectivity index (χ0) is 13.5. The van der Waals surface area contributed by atoms with Crippen LogP contribution in [-0.2, 0) is 9.59 Å². The van der Waals surface area contributed by atoms with Gasteiger partial charge in [0.2, 0.25) is 5.91 Å². The maximum Gasteiger partial charge on any atom is 0.322 e. The Morgan fingerprint density at radius 1 is 1.39 bits per heavy atom. The third kappa shape index (κ3) is 4.82. The first-order chi connectivity index (χ1) is 8.49. The summed E-state index contributed by atoms with van der Waals surface area (Å²) in [5, 5.41) is 10.6. The molecular formula is C12H14FNO4. The normalized spacial score (nSPS) is 11.7. The van der Waals surface area contributed by atoms with Crippen molar-refractivity contribution in [2.75, 3.05) is 13.2 Å². The molecule has 1 aromatic carbocycles. The minimum Gasteiger partial charge on any atom is -0.493 e. The largest absolute Gasteiger partial charge is 0.493 e. The van der Waals surface area contributed by atoms with Crippen LogP contribution < -0.4 is 10.1 Å². The van der Waals surface area contributed by atoms with Gasteiger partial charge in [-0.15, -0.1) is 0 Å². The van der Waals surface area contributed by atoms with Gasteiger partial charge in [-0.1, -0.05) is 6.92 Å². The molecule has 1 atom stereocenters. The van der Waals surface area contributed by atoms with Gasteiger partial charge >= 0.3 is 5.97 Å². The van der Waals surface area contributed by atoms with E-state index >= 15 is 0 Å². The average Bonchev–Trinajstić information content (AvgIpc) is 2.34. The van der Waals surface area contributed by atoms with E-state index in [4.69, 9.17) is 9.84 Å². The molecule has 0 aliphatic carbocycles. The Labute approximate surface area is 104 Å². The highest BCUT2D eigenvalue weighted by molar-refractivity contribution is 5.82. The second-order valence-corrected chi connectivity index (χ2v) is 3.78. The summed E-state index contributed by atoms with van der Waals surface area (Å²) in [5.74, 6) is -1.91. The summed E-state index contributed by atoms with van der Waals surface area (Å²) >= 11 is 0. The molecule has 0 aliphatic rings. The van der Waals surface area contributed by atoms with Crippen LogP contribution in [0.3, 0.4) is 0 Å². The zero-order valence-corrected chi connectivity index (χ0v) is 9.85. The van der Waals surface area contributed by atoms with Crippen LogP contribution in [0.15, 0.2) is 24.3 Å². The van der Waals surface area contributed by atoms with Gasteiger partial charge in [0.15, 0.2) is 0 Å². The molecule has 0 fully saturated rings. The molecule has 0 aromatic heterocycles. The molecule has 0 saturated carbocycles. The second kappa shape index (κ2) is 6.58. The highest BCUT2D eigenvalue weighted by Gasteiger charge is 2.14. The molecule has 0 aliphatic heterocycles. The first-order valence-electron chi connectivity index (χ1n) is 5.37. The number of amides is 1. The number of rotatable bonds is 6. The number of hydrogen-bond donors (Lipinski definition) is 2. The molecule has 0 heterocycles. The van der Waals surface area contributed by atoms with E-state index in [-0.39, 0.29) is 12.4 Å². The number of benzene rings is 1. The number of carboxylic acids is 1. The molecule has 0 bridgehead atoms. The Balaban J connectivity index is 2.36. The molecule has 1 unspecified atom stereocenters. The summed E-state index contributed by atoms with van der Waals surface area (Å²) in [5.41, 5.74) is 0. The van der Waals surface area contributed by atoms with Crippen molar-refractivity contribution in [1.82, 2.24) is 5.32 Å². The average molecular weight is 255 g/mol. The number of halogens is 1. The molecule has 6 heteroatoms. The van der Waals surface area contributed by atoms with Crippen LogP contribution in [0.1, 0.15) is 6.92 Å². The molecule has 1 rings (SSSR count). The monoisotopic (exact) mass is 255 g/mol. The summed E-state index contributed by atoms with van der Waals surface area (Å²) < 4.78 is 17.9. The Morgan fingerprint density at radius 3 is 2.56 bits per heavy atom. The summed E-state index contributed by atoms with van der Waals surface area (Å²) in [7, 11) is 0. The van der Waals surface area contributed by atoms with Crippen molar-refractivity contribution < 1.29 is 23.8 Å².